The van der Waals surface area contributed by atoms with E-state index in [0.29, 0.717) is 23.4 Å². The van der Waals surface area contributed by atoms with Crippen molar-refractivity contribution >= 4 is 16.0 Å². The predicted molar refractivity (Wildman–Crippen MR) is 96.5 cm³/mol. The topological polar surface area (TPSA) is 77.0 Å². The van der Waals surface area contributed by atoms with Gasteiger partial charge in [-0.1, -0.05) is 0 Å². The maximum Gasteiger partial charge on any atom is 0.511 e. The van der Waals surface area contributed by atoms with Crippen LogP contribution in [-0.4, -0.2) is 80.9 Å². The number of sulfonamides is 1. The molecule has 0 atom stereocenters. The molecule has 1 rings (SSSR count). The minimum Gasteiger partial charge on any atom is -0.357 e. The molecule has 0 aromatic heterocycles. The summed E-state index contributed by atoms with van der Waals surface area (Å²) < 4.78 is 61.3. The third kappa shape index (κ3) is 5.98. The highest BCUT2D eigenvalue weighted by atomic mass is 32.2. The summed E-state index contributed by atoms with van der Waals surface area (Å²) in [6.07, 6.45) is 0.577. The SMILES string of the molecule is CCNC(=NCC(C)(C)N(C)C)NC1CCN(S(=O)(=O)C(F)(F)F)CC1. The van der Waals surface area contributed by atoms with E-state index in [1.165, 1.54) is 0 Å². The summed E-state index contributed by atoms with van der Waals surface area (Å²) in [7, 11) is -1.32. The summed E-state index contributed by atoms with van der Waals surface area (Å²) >= 11 is 0. The van der Waals surface area contributed by atoms with Crippen molar-refractivity contribution in [2.45, 2.75) is 50.7 Å². The zero-order valence-electron chi connectivity index (χ0n) is 16.0. The largest absolute Gasteiger partial charge is 0.511 e. The summed E-state index contributed by atoms with van der Waals surface area (Å²) in [6, 6.07) is -0.130. The fourth-order valence-corrected chi connectivity index (χ4v) is 3.30. The molecule has 1 fully saturated rings. The number of nitrogens with one attached hydrogen (secondary N) is 2. The smallest absolute Gasteiger partial charge is 0.357 e. The van der Waals surface area contributed by atoms with Gasteiger partial charge in [-0.3, -0.25) is 4.99 Å². The second kappa shape index (κ2) is 8.75. The van der Waals surface area contributed by atoms with Gasteiger partial charge in [0, 0.05) is 31.2 Å². The van der Waals surface area contributed by atoms with E-state index in [9.17, 15) is 21.6 Å². The van der Waals surface area contributed by atoms with E-state index in [-0.39, 0.29) is 37.5 Å². The maximum absolute atomic E-state index is 12.6. The number of rotatable bonds is 6. The maximum atomic E-state index is 12.6. The molecule has 11 heteroatoms. The Labute approximate surface area is 154 Å². The molecule has 0 saturated carbocycles. The monoisotopic (exact) mass is 401 g/mol. The Morgan fingerprint density at radius 3 is 2.19 bits per heavy atom. The van der Waals surface area contributed by atoms with Gasteiger partial charge in [0.25, 0.3) is 0 Å². The first-order valence-electron chi connectivity index (χ1n) is 8.60. The van der Waals surface area contributed by atoms with Crippen LogP contribution >= 0.6 is 0 Å². The number of nitrogens with zero attached hydrogens (tertiary/aromatic N) is 3. The molecule has 1 aliphatic heterocycles. The number of likely N-dealkylation sites (N-methyl/N-ethyl adjacent to an activating group) is 1. The average molecular weight is 401 g/mol. The number of aliphatic imine (C=N–C) groups is 1. The van der Waals surface area contributed by atoms with Crippen molar-refractivity contribution in [3.8, 4) is 0 Å². The van der Waals surface area contributed by atoms with Gasteiger partial charge in [0.05, 0.1) is 6.54 Å². The van der Waals surface area contributed by atoms with Gasteiger partial charge in [-0.05, 0) is 47.7 Å². The van der Waals surface area contributed by atoms with Crippen molar-refractivity contribution in [2.75, 3.05) is 40.3 Å². The van der Waals surface area contributed by atoms with Crippen LogP contribution in [0.4, 0.5) is 13.2 Å². The minimum atomic E-state index is -5.25. The van der Waals surface area contributed by atoms with Crippen molar-refractivity contribution in [1.29, 1.82) is 0 Å². The van der Waals surface area contributed by atoms with E-state index >= 15 is 0 Å². The van der Waals surface area contributed by atoms with Crippen LogP contribution in [-0.2, 0) is 10.0 Å². The lowest BCUT2D eigenvalue weighted by molar-refractivity contribution is -0.0494. The molecule has 0 amide bonds. The van der Waals surface area contributed by atoms with Gasteiger partial charge in [0.2, 0.25) is 0 Å². The molecule has 0 aromatic rings. The van der Waals surface area contributed by atoms with Gasteiger partial charge in [0.15, 0.2) is 5.96 Å². The highest BCUT2D eigenvalue weighted by molar-refractivity contribution is 7.90. The predicted octanol–water partition coefficient (Wildman–Crippen LogP) is 1.20. The van der Waals surface area contributed by atoms with Crippen LogP contribution < -0.4 is 10.6 Å². The van der Waals surface area contributed by atoms with Crippen molar-refractivity contribution < 1.29 is 21.6 Å². The van der Waals surface area contributed by atoms with Crippen LogP contribution in [0.15, 0.2) is 4.99 Å². The second-order valence-corrected chi connectivity index (χ2v) is 9.10. The number of hydrogen-bond donors (Lipinski definition) is 2. The first-order valence-corrected chi connectivity index (χ1v) is 10.0. The average Bonchev–Trinajstić information content (AvgIpc) is 2.52. The van der Waals surface area contributed by atoms with Gasteiger partial charge in [0.1, 0.15) is 0 Å². The van der Waals surface area contributed by atoms with E-state index in [0.717, 1.165) is 0 Å². The van der Waals surface area contributed by atoms with Crippen LogP contribution in [0.2, 0.25) is 0 Å². The molecule has 0 aromatic carbocycles. The van der Waals surface area contributed by atoms with Crippen LogP contribution in [0.25, 0.3) is 0 Å². The molecule has 0 spiro atoms. The number of halogens is 3. The van der Waals surface area contributed by atoms with Crippen molar-refractivity contribution in [1.82, 2.24) is 19.8 Å². The van der Waals surface area contributed by atoms with Crippen LogP contribution in [0.5, 0.6) is 0 Å². The lowest BCUT2D eigenvalue weighted by Gasteiger charge is -2.33. The summed E-state index contributed by atoms with van der Waals surface area (Å²) in [6.45, 7) is 6.89. The molecule has 7 nitrogen and oxygen atoms in total. The van der Waals surface area contributed by atoms with E-state index in [1.807, 2.05) is 21.0 Å². The fraction of sp³-hybridized carbons (Fsp3) is 0.933. The van der Waals surface area contributed by atoms with Gasteiger partial charge < -0.3 is 15.5 Å². The van der Waals surface area contributed by atoms with Gasteiger partial charge in [-0.2, -0.15) is 17.5 Å². The first-order chi connectivity index (χ1) is 11.8. The zero-order chi connectivity index (χ0) is 20.2. The Morgan fingerprint density at radius 2 is 1.77 bits per heavy atom. The Balaban J connectivity index is 2.68. The van der Waals surface area contributed by atoms with Crippen LogP contribution in [0.1, 0.15) is 33.6 Å². The first kappa shape index (κ1) is 23.0. The number of alkyl halides is 3. The van der Waals surface area contributed by atoms with Crippen molar-refractivity contribution in [3.05, 3.63) is 0 Å². The lowest BCUT2D eigenvalue weighted by Crippen LogP contribution is -2.52. The third-order valence-corrected chi connectivity index (χ3v) is 6.24. The summed E-state index contributed by atoms with van der Waals surface area (Å²) in [4.78, 5) is 6.60. The van der Waals surface area contributed by atoms with Gasteiger partial charge in [-0.15, -0.1) is 0 Å². The molecule has 1 saturated heterocycles. The molecule has 1 aliphatic rings. The Hall–Kier alpha value is -1.07. The standard InChI is InChI=1S/C15H30F3N5O2S/c1-6-19-13(20-11-14(2,3)22(4)5)21-12-7-9-23(10-8-12)26(24,25)15(16,17)18/h12H,6-11H2,1-5H3,(H2,19,20,21). The molecule has 0 aliphatic carbocycles. The van der Waals surface area contributed by atoms with Crippen molar-refractivity contribution in [2.24, 2.45) is 4.99 Å². The number of hydrogen-bond acceptors (Lipinski definition) is 4. The molecule has 0 unspecified atom stereocenters. The summed E-state index contributed by atoms with van der Waals surface area (Å²) in [5, 5.41) is 6.31. The summed E-state index contributed by atoms with van der Waals surface area (Å²) in [5.74, 6) is 0.583. The zero-order valence-corrected chi connectivity index (χ0v) is 16.8. The number of guanidine groups is 1. The van der Waals surface area contributed by atoms with E-state index in [1.54, 1.807) is 0 Å². The molecule has 2 N–H and O–H groups in total. The van der Waals surface area contributed by atoms with Gasteiger partial charge in [-0.25, -0.2) is 8.42 Å². The minimum absolute atomic E-state index is 0.130. The molecular formula is C15H30F3N5O2S. The fourth-order valence-electron chi connectivity index (χ4n) is 2.31. The molecule has 26 heavy (non-hydrogen) atoms. The highest BCUT2D eigenvalue weighted by Gasteiger charge is 2.50. The Kier molecular flexibility index (Phi) is 7.73. The Morgan fingerprint density at radius 1 is 1.23 bits per heavy atom. The molecule has 0 bridgehead atoms. The van der Waals surface area contributed by atoms with E-state index < -0.39 is 15.5 Å². The van der Waals surface area contributed by atoms with E-state index in [2.05, 4.69) is 34.4 Å². The van der Waals surface area contributed by atoms with Crippen LogP contribution in [0.3, 0.4) is 0 Å². The molecule has 1 heterocycles. The third-order valence-electron chi connectivity index (χ3n) is 4.61. The molecular weight excluding hydrogens is 371 g/mol. The lowest BCUT2D eigenvalue weighted by atomic mass is 10.1. The molecule has 154 valence electrons. The summed E-state index contributed by atoms with van der Waals surface area (Å²) in [5.41, 5.74) is -5.39. The number of piperidine rings is 1. The highest BCUT2D eigenvalue weighted by Crippen LogP contribution is 2.28. The molecule has 0 radical (unpaired) electrons. The second-order valence-electron chi connectivity index (χ2n) is 7.17. The van der Waals surface area contributed by atoms with Crippen LogP contribution in [0, 0.1) is 0 Å². The normalized spacial score (nSPS) is 19.0. The quantitative estimate of drug-likeness (QED) is 0.517. The van der Waals surface area contributed by atoms with Gasteiger partial charge >= 0.3 is 15.5 Å². The van der Waals surface area contributed by atoms with Crippen molar-refractivity contribution in [3.63, 3.8) is 0 Å². The Bertz CT molecular complexity index is 583. The van der Waals surface area contributed by atoms with E-state index in [4.69, 9.17) is 0 Å².